The summed E-state index contributed by atoms with van der Waals surface area (Å²) in [5.41, 5.74) is 2.39. The zero-order valence-corrected chi connectivity index (χ0v) is 18.5. The van der Waals surface area contributed by atoms with Crippen LogP contribution in [0.25, 0.3) is 0 Å². The van der Waals surface area contributed by atoms with Gasteiger partial charge in [0.1, 0.15) is 6.10 Å². The molecule has 2 aliphatic heterocycles. The summed E-state index contributed by atoms with van der Waals surface area (Å²) in [6.45, 7) is 2.90. The highest BCUT2D eigenvalue weighted by molar-refractivity contribution is 5.62. The highest BCUT2D eigenvalue weighted by Crippen LogP contribution is 2.65. The average Bonchev–Trinajstić information content (AvgIpc) is 3.54. The van der Waals surface area contributed by atoms with Crippen molar-refractivity contribution in [1.29, 1.82) is 0 Å². The summed E-state index contributed by atoms with van der Waals surface area (Å²) < 4.78 is 6.61. The van der Waals surface area contributed by atoms with E-state index >= 15 is 0 Å². The normalized spacial score (nSPS) is 37.1. The number of phenols is 1. The molecule has 0 radical (unpaired) electrons. The molecule has 5 atom stereocenters. The number of hydrogen-bond donors (Lipinski definition) is 3. The van der Waals surface area contributed by atoms with E-state index in [-0.39, 0.29) is 23.9 Å². The third-order valence-corrected chi connectivity index (χ3v) is 9.17. The first-order valence-corrected chi connectivity index (χ1v) is 12.4. The van der Waals surface area contributed by atoms with Crippen LogP contribution >= 0.6 is 0 Å². The van der Waals surface area contributed by atoms with E-state index in [1.165, 1.54) is 24.0 Å². The summed E-state index contributed by atoms with van der Waals surface area (Å²) >= 11 is 0. The monoisotopic (exact) mass is 432 g/mol. The number of likely N-dealkylation sites (tertiary alicyclic amines) is 1. The number of aromatic hydroxyl groups is 1. The van der Waals surface area contributed by atoms with Gasteiger partial charge in [-0.1, -0.05) is 36.4 Å². The van der Waals surface area contributed by atoms with Crippen LogP contribution in [0.2, 0.25) is 0 Å². The summed E-state index contributed by atoms with van der Waals surface area (Å²) in [7, 11) is 0. The van der Waals surface area contributed by atoms with Crippen molar-refractivity contribution in [3.05, 3.63) is 59.2 Å². The topological polar surface area (TPSA) is 65.0 Å². The van der Waals surface area contributed by atoms with Crippen molar-refractivity contribution in [2.45, 2.75) is 74.3 Å². The predicted molar refractivity (Wildman–Crippen MR) is 122 cm³/mol. The molecule has 2 aromatic rings. The van der Waals surface area contributed by atoms with Gasteiger partial charge >= 0.3 is 0 Å². The van der Waals surface area contributed by atoms with E-state index in [1.54, 1.807) is 6.07 Å². The van der Waals surface area contributed by atoms with Crippen molar-refractivity contribution in [2.24, 2.45) is 5.92 Å². The number of aliphatic hydroxyl groups is 1. The minimum absolute atomic E-state index is 0.140. The molecule has 5 nitrogen and oxygen atoms in total. The van der Waals surface area contributed by atoms with E-state index in [9.17, 15) is 10.2 Å². The molecule has 1 saturated heterocycles. The summed E-state index contributed by atoms with van der Waals surface area (Å²) in [6.07, 6.45) is 5.92. The van der Waals surface area contributed by atoms with E-state index in [1.807, 2.05) is 6.07 Å². The Morgan fingerprint density at radius 1 is 1.06 bits per heavy atom. The Balaban J connectivity index is 1.29. The van der Waals surface area contributed by atoms with Gasteiger partial charge in [0.05, 0.1) is 11.0 Å². The van der Waals surface area contributed by atoms with Crippen molar-refractivity contribution < 1.29 is 14.9 Å². The second kappa shape index (κ2) is 6.72. The van der Waals surface area contributed by atoms with Gasteiger partial charge < -0.3 is 20.3 Å². The van der Waals surface area contributed by atoms with Gasteiger partial charge in [-0.3, -0.25) is 4.90 Å². The lowest BCUT2D eigenvalue weighted by Crippen LogP contribution is -2.78. The maximum atomic E-state index is 12.5. The number of ether oxygens (including phenoxy) is 1. The van der Waals surface area contributed by atoms with Gasteiger partial charge in [0.2, 0.25) is 0 Å². The molecular weight excluding hydrogens is 400 g/mol. The van der Waals surface area contributed by atoms with Crippen LogP contribution in [0.5, 0.6) is 11.5 Å². The van der Waals surface area contributed by atoms with Crippen molar-refractivity contribution in [1.82, 2.24) is 10.2 Å². The predicted octanol–water partition coefficient (Wildman–Crippen LogP) is 3.11. The fourth-order valence-corrected chi connectivity index (χ4v) is 7.54. The standard InChI is InChI=1S/C27H32N2O3/c30-21-9-8-19-14-22-27(31)11-10-20(28-15-17-4-2-1-3-5-17)25-26(27,23(19)24(21)32-25)12-13-29(22)16-18-6-7-18/h1-5,8-9,18,20,22,25,28,30-31H,6-7,10-16H2/t20-,22+,25-,26-,27+/m0/s1. The smallest absolute Gasteiger partial charge is 0.165 e. The molecule has 32 heavy (non-hydrogen) atoms. The van der Waals surface area contributed by atoms with Crippen LogP contribution in [-0.4, -0.2) is 52.0 Å². The Kier molecular flexibility index (Phi) is 4.07. The van der Waals surface area contributed by atoms with Crippen molar-refractivity contribution >= 4 is 0 Å². The average molecular weight is 433 g/mol. The molecular formula is C27H32N2O3. The van der Waals surface area contributed by atoms with Crippen LogP contribution < -0.4 is 10.1 Å². The summed E-state index contributed by atoms with van der Waals surface area (Å²) in [6, 6.07) is 14.6. The zero-order valence-electron chi connectivity index (χ0n) is 18.5. The fourth-order valence-electron chi connectivity index (χ4n) is 7.54. The van der Waals surface area contributed by atoms with E-state index in [0.29, 0.717) is 5.75 Å². The van der Waals surface area contributed by atoms with Crippen LogP contribution in [0.15, 0.2) is 42.5 Å². The lowest BCUT2D eigenvalue weighted by molar-refractivity contribution is -0.191. The lowest BCUT2D eigenvalue weighted by atomic mass is 9.48. The van der Waals surface area contributed by atoms with Crippen LogP contribution in [0.4, 0.5) is 0 Å². The van der Waals surface area contributed by atoms with Crippen LogP contribution in [0, 0.1) is 5.92 Å². The van der Waals surface area contributed by atoms with Gasteiger partial charge in [-0.25, -0.2) is 0 Å². The SMILES string of the molecule is Oc1ccc2c3c1O[C@H]1[C@@H](NCc4ccccc4)CC[C@@]4(O)[C@@H](C2)N(CC2CC2)CC[C@]314. The van der Waals surface area contributed by atoms with Gasteiger partial charge in [0, 0.05) is 30.7 Å². The van der Waals surface area contributed by atoms with Crippen molar-refractivity contribution in [2.75, 3.05) is 13.1 Å². The Morgan fingerprint density at radius 3 is 2.72 bits per heavy atom. The summed E-state index contributed by atoms with van der Waals surface area (Å²) in [5.74, 6) is 1.66. The number of benzene rings is 2. The van der Waals surface area contributed by atoms with Crippen LogP contribution in [0.1, 0.15) is 48.8 Å². The molecule has 3 aliphatic carbocycles. The van der Waals surface area contributed by atoms with Gasteiger partial charge in [-0.2, -0.15) is 0 Å². The summed E-state index contributed by atoms with van der Waals surface area (Å²) in [5, 5.41) is 27.0. The molecule has 0 amide bonds. The van der Waals surface area contributed by atoms with Crippen LogP contribution in [0.3, 0.4) is 0 Å². The third kappa shape index (κ3) is 2.50. The molecule has 2 bridgehead atoms. The maximum Gasteiger partial charge on any atom is 0.165 e. The van der Waals surface area contributed by atoms with E-state index in [2.05, 4.69) is 40.5 Å². The number of phenolic OH excluding ortho intramolecular Hbond substituents is 1. The minimum Gasteiger partial charge on any atom is -0.504 e. The first-order valence-electron chi connectivity index (χ1n) is 12.4. The molecule has 5 heteroatoms. The molecule has 5 aliphatic rings. The molecule has 2 heterocycles. The highest BCUT2D eigenvalue weighted by Gasteiger charge is 2.72. The summed E-state index contributed by atoms with van der Waals surface area (Å²) in [4.78, 5) is 2.59. The van der Waals surface area contributed by atoms with Gasteiger partial charge in [-0.15, -0.1) is 0 Å². The fraction of sp³-hybridized carbons (Fsp3) is 0.556. The number of piperidine rings is 1. The number of rotatable bonds is 5. The van der Waals surface area contributed by atoms with Gasteiger partial charge in [0.25, 0.3) is 0 Å². The van der Waals surface area contributed by atoms with Crippen molar-refractivity contribution in [3.8, 4) is 11.5 Å². The molecule has 3 N–H and O–H groups in total. The van der Waals surface area contributed by atoms with Crippen molar-refractivity contribution in [3.63, 3.8) is 0 Å². The highest BCUT2D eigenvalue weighted by atomic mass is 16.5. The minimum atomic E-state index is -0.804. The molecule has 2 aromatic carbocycles. The third-order valence-electron chi connectivity index (χ3n) is 9.17. The van der Waals surface area contributed by atoms with E-state index in [4.69, 9.17) is 4.74 Å². The first kappa shape index (κ1) is 19.4. The Hall–Kier alpha value is -2.08. The molecule has 3 fully saturated rings. The lowest BCUT2D eigenvalue weighted by Gasteiger charge is -2.64. The van der Waals surface area contributed by atoms with Crippen LogP contribution in [-0.2, 0) is 18.4 Å². The second-order valence-corrected chi connectivity index (χ2v) is 10.8. The Bertz CT molecular complexity index is 1050. The van der Waals surface area contributed by atoms with E-state index < -0.39 is 11.0 Å². The molecule has 0 aromatic heterocycles. The Morgan fingerprint density at radius 2 is 1.91 bits per heavy atom. The maximum absolute atomic E-state index is 12.5. The zero-order chi connectivity index (χ0) is 21.5. The molecule has 1 spiro atoms. The number of nitrogens with one attached hydrogen (secondary N) is 1. The van der Waals surface area contributed by atoms with Gasteiger partial charge in [0.15, 0.2) is 11.5 Å². The number of nitrogens with zero attached hydrogens (tertiary/aromatic N) is 1. The largest absolute Gasteiger partial charge is 0.504 e. The van der Waals surface area contributed by atoms with Gasteiger partial charge in [-0.05, 0) is 68.2 Å². The van der Waals surface area contributed by atoms with E-state index in [0.717, 1.165) is 56.8 Å². The second-order valence-electron chi connectivity index (χ2n) is 10.8. The quantitative estimate of drug-likeness (QED) is 0.678. The molecule has 0 unspecified atom stereocenters. The Labute approximate surface area is 189 Å². The molecule has 7 rings (SSSR count). The number of hydrogen-bond acceptors (Lipinski definition) is 5. The molecule has 168 valence electrons. The molecule has 2 saturated carbocycles. The first-order chi connectivity index (χ1) is 15.6.